The van der Waals surface area contributed by atoms with Crippen molar-refractivity contribution in [1.29, 1.82) is 0 Å². The van der Waals surface area contributed by atoms with Crippen molar-refractivity contribution in [2.75, 3.05) is 11.5 Å². The third-order valence-electron chi connectivity index (χ3n) is 2.79. The maximum atomic E-state index is 11.7. The van der Waals surface area contributed by atoms with Crippen molar-refractivity contribution in [3.8, 4) is 0 Å². The topological polar surface area (TPSA) is 51.2 Å². The smallest absolute Gasteiger partial charge is 0.150 e. The summed E-state index contributed by atoms with van der Waals surface area (Å²) >= 11 is 1.57. The number of rotatable bonds is 4. The van der Waals surface area contributed by atoms with Gasteiger partial charge >= 0.3 is 0 Å². The highest BCUT2D eigenvalue weighted by Crippen LogP contribution is 2.22. The molecule has 3 nitrogen and oxygen atoms in total. The van der Waals surface area contributed by atoms with Gasteiger partial charge in [0.1, 0.15) is 5.78 Å². The van der Waals surface area contributed by atoms with Crippen molar-refractivity contribution in [2.24, 2.45) is 5.92 Å². The van der Waals surface area contributed by atoms with Crippen LogP contribution in [0.25, 0.3) is 0 Å². The molecule has 1 aliphatic rings. The van der Waals surface area contributed by atoms with Gasteiger partial charge in [0.2, 0.25) is 0 Å². The van der Waals surface area contributed by atoms with Crippen LogP contribution in [-0.2, 0) is 21.1 Å². The van der Waals surface area contributed by atoms with Crippen molar-refractivity contribution < 1.29 is 13.2 Å². The van der Waals surface area contributed by atoms with Crippen LogP contribution in [0.1, 0.15) is 17.7 Å². The van der Waals surface area contributed by atoms with E-state index in [1.54, 1.807) is 11.3 Å². The quantitative estimate of drug-likeness (QED) is 0.825. The zero-order chi connectivity index (χ0) is 11.6. The summed E-state index contributed by atoms with van der Waals surface area (Å²) in [7, 11) is -2.85. The third-order valence-corrected chi connectivity index (χ3v) is 5.51. The van der Waals surface area contributed by atoms with Crippen molar-refractivity contribution >= 4 is 27.0 Å². The van der Waals surface area contributed by atoms with E-state index in [1.807, 2.05) is 17.5 Å². The van der Waals surface area contributed by atoms with Crippen LogP contribution in [0.3, 0.4) is 0 Å². The number of sulfone groups is 1. The monoisotopic (exact) mass is 258 g/mol. The highest BCUT2D eigenvalue weighted by molar-refractivity contribution is 7.91. The summed E-state index contributed by atoms with van der Waals surface area (Å²) in [4.78, 5) is 12.8. The van der Waals surface area contributed by atoms with Crippen LogP contribution in [0.5, 0.6) is 0 Å². The molecule has 88 valence electrons. The van der Waals surface area contributed by atoms with Gasteiger partial charge in [-0.25, -0.2) is 8.42 Å². The average molecular weight is 258 g/mol. The molecule has 0 radical (unpaired) electrons. The summed E-state index contributed by atoms with van der Waals surface area (Å²) in [5.74, 6) is 0.662. The van der Waals surface area contributed by atoms with Gasteiger partial charge in [-0.1, -0.05) is 6.07 Å². The maximum absolute atomic E-state index is 11.7. The Morgan fingerprint density at radius 3 is 2.88 bits per heavy atom. The van der Waals surface area contributed by atoms with Crippen LogP contribution < -0.4 is 0 Å². The molecule has 2 heterocycles. The third kappa shape index (κ3) is 3.15. The zero-order valence-corrected chi connectivity index (χ0v) is 10.5. The number of ketones is 1. The van der Waals surface area contributed by atoms with Gasteiger partial charge in [0.25, 0.3) is 0 Å². The van der Waals surface area contributed by atoms with Gasteiger partial charge in [-0.3, -0.25) is 4.79 Å². The molecule has 0 aromatic carbocycles. The average Bonchev–Trinajstić information content (AvgIpc) is 2.76. The molecule has 1 unspecified atom stereocenters. The standard InChI is InChI=1S/C11H14O3S2/c12-10(7-11-2-1-4-15-11)6-9-3-5-16(13,14)8-9/h1-2,4,9H,3,5-8H2. The molecule has 1 aromatic rings. The van der Waals surface area contributed by atoms with Gasteiger partial charge in [0, 0.05) is 17.7 Å². The summed E-state index contributed by atoms with van der Waals surface area (Å²) in [5.41, 5.74) is 0. The Hall–Kier alpha value is -0.680. The molecule has 0 bridgehead atoms. The molecule has 1 fully saturated rings. The number of carbonyl (C=O) groups excluding carboxylic acids is 1. The van der Waals surface area contributed by atoms with E-state index in [2.05, 4.69) is 0 Å². The van der Waals surface area contributed by atoms with Crippen molar-refractivity contribution in [2.45, 2.75) is 19.3 Å². The Labute approximate surface area is 99.4 Å². The van der Waals surface area contributed by atoms with E-state index in [4.69, 9.17) is 0 Å². The molecule has 5 heteroatoms. The van der Waals surface area contributed by atoms with Crippen molar-refractivity contribution in [3.05, 3.63) is 22.4 Å². The molecule has 0 aliphatic carbocycles. The minimum Gasteiger partial charge on any atom is -0.299 e. The first-order valence-corrected chi connectivity index (χ1v) is 8.00. The van der Waals surface area contributed by atoms with E-state index < -0.39 is 9.84 Å². The zero-order valence-electron chi connectivity index (χ0n) is 8.89. The van der Waals surface area contributed by atoms with Crippen LogP contribution in [0.2, 0.25) is 0 Å². The molecule has 1 saturated heterocycles. The van der Waals surface area contributed by atoms with E-state index in [0.29, 0.717) is 19.3 Å². The molecule has 0 spiro atoms. The normalized spacial score (nSPS) is 23.4. The number of hydrogen-bond donors (Lipinski definition) is 0. The summed E-state index contributed by atoms with van der Waals surface area (Å²) in [6, 6.07) is 3.86. The number of hydrogen-bond acceptors (Lipinski definition) is 4. The van der Waals surface area contributed by atoms with Gasteiger partial charge in [-0.15, -0.1) is 11.3 Å². The van der Waals surface area contributed by atoms with Crippen LogP contribution in [0.15, 0.2) is 17.5 Å². The fourth-order valence-electron chi connectivity index (χ4n) is 2.03. The summed E-state index contributed by atoms with van der Waals surface area (Å²) in [5, 5.41) is 1.95. The number of thiophene rings is 1. The second kappa shape index (κ2) is 4.67. The Morgan fingerprint density at radius 2 is 2.31 bits per heavy atom. The Bertz CT molecular complexity index is 459. The van der Waals surface area contributed by atoms with E-state index in [0.717, 1.165) is 4.88 Å². The van der Waals surface area contributed by atoms with Gasteiger partial charge in [-0.05, 0) is 23.8 Å². The molecule has 0 N–H and O–H groups in total. The van der Waals surface area contributed by atoms with Gasteiger partial charge in [0.15, 0.2) is 9.84 Å². The van der Waals surface area contributed by atoms with Crippen LogP contribution in [-0.4, -0.2) is 25.7 Å². The van der Waals surface area contributed by atoms with Gasteiger partial charge in [0.05, 0.1) is 11.5 Å². The largest absolute Gasteiger partial charge is 0.299 e. The SMILES string of the molecule is O=C(Cc1cccs1)CC1CCS(=O)(=O)C1. The minimum absolute atomic E-state index is 0.0532. The number of carbonyl (C=O) groups is 1. The molecule has 1 aromatic heterocycles. The summed E-state index contributed by atoms with van der Waals surface area (Å²) in [6.07, 6.45) is 1.52. The first-order chi connectivity index (χ1) is 7.55. The van der Waals surface area contributed by atoms with Crippen LogP contribution in [0, 0.1) is 5.92 Å². The predicted octanol–water partition coefficient (Wildman–Crippen LogP) is 1.68. The Morgan fingerprint density at radius 1 is 1.50 bits per heavy atom. The van der Waals surface area contributed by atoms with Gasteiger partial charge in [-0.2, -0.15) is 0 Å². The fourth-order valence-corrected chi connectivity index (χ4v) is 4.63. The first-order valence-electron chi connectivity index (χ1n) is 5.30. The maximum Gasteiger partial charge on any atom is 0.150 e. The minimum atomic E-state index is -2.85. The highest BCUT2D eigenvalue weighted by Gasteiger charge is 2.29. The van der Waals surface area contributed by atoms with Crippen molar-refractivity contribution in [1.82, 2.24) is 0 Å². The van der Waals surface area contributed by atoms with Crippen molar-refractivity contribution in [3.63, 3.8) is 0 Å². The molecule has 2 rings (SSSR count). The molecular weight excluding hydrogens is 244 g/mol. The van der Waals surface area contributed by atoms with Gasteiger partial charge < -0.3 is 0 Å². The molecule has 0 amide bonds. The Kier molecular flexibility index (Phi) is 3.44. The molecule has 0 saturated carbocycles. The lowest BCUT2D eigenvalue weighted by Crippen LogP contribution is -2.11. The van der Waals surface area contributed by atoms with Crippen LogP contribution >= 0.6 is 11.3 Å². The number of Topliss-reactive ketones (excluding diaryl/α,β-unsaturated/α-hetero) is 1. The molecule has 1 aliphatic heterocycles. The molecule has 1 atom stereocenters. The lowest BCUT2D eigenvalue weighted by atomic mass is 10.0. The second-order valence-corrected chi connectivity index (χ2v) is 7.53. The van der Waals surface area contributed by atoms with E-state index in [1.165, 1.54) is 0 Å². The van der Waals surface area contributed by atoms with E-state index >= 15 is 0 Å². The predicted molar refractivity (Wildman–Crippen MR) is 64.4 cm³/mol. The van der Waals surface area contributed by atoms with E-state index in [9.17, 15) is 13.2 Å². The first kappa shape index (κ1) is 11.8. The lowest BCUT2D eigenvalue weighted by Gasteiger charge is -2.05. The molecule has 16 heavy (non-hydrogen) atoms. The lowest BCUT2D eigenvalue weighted by molar-refractivity contribution is -0.119. The fraction of sp³-hybridized carbons (Fsp3) is 0.545. The van der Waals surface area contributed by atoms with E-state index in [-0.39, 0.29) is 23.2 Å². The Balaban J connectivity index is 1.85. The second-order valence-electron chi connectivity index (χ2n) is 4.27. The summed E-state index contributed by atoms with van der Waals surface area (Å²) in [6.45, 7) is 0. The molecular formula is C11H14O3S2. The summed E-state index contributed by atoms with van der Waals surface area (Å²) < 4.78 is 22.5. The van der Waals surface area contributed by atoms with Crippen LogP contribution in [0.4, 0.5) is 0 Å². The highest BCUT2D eigenvalue weighted by atomic mass is 32.2.